The number of aromatic nitrogens is 1. The van der Waals surface area contributed by atoms with E-state index in [4.69, 9.17) is 9.15 Å². The zero-order valence-electron chi connectivity index (χ0n) is 14.7. The zero-order chi connectivity index (χ0) is 19.4. The molecule has 0 aliphatic carbocycles. The number of esters is 1. The number of aryl methyl sites for hydroxylation is 2. The molecule has 1 aromatic carbocycles. The maximum Gasteiger partial charge on any atom is 0.375 e. The summed E-state index contributed by atoms with van der Waals surface area (Å²) in [6.07, 6.45) is 0.0523. The molecule has 8 nitrogen and oxygen atoms in total. The van der Waals surface area contributed by atoms with Crippen LogP contribution in [0, 0.1) is 13.8 Å². The number of para-hydroxylation sites is 1. The van der Waals surface area contributed by atoms with Gasteiger partial charge in [-0.15, -0.1) is 11.3 Å². The van der Waals surface area contributed by atoms with E-state index >= 15 is 0 Å². The number of nitrogens with one attached hydrogen (secondary N) is 2. The molecule has 0 fully saturated rings. The summed E-state index contributed by atoms with van der Waals surface area (Å²) in [6, 6.07) is 7.20. The Morgan fingerprint density at radius 3 is 2.59 bits per heavy atom. The van der Waals surface area contributed by atoms with Crippen molar-refractivity contribution in [1.29, 1.82) is 0 Å². The molecule has 3 rings (SSSR count). The second kappa shape index (κ2) is 8.00. The van der Waals surface area contributed by atoms with Gasteiger partial charge in [0.15, 0.2) is 6.61 Å². The number of nitrogens with zero attached hydrogens (tertiary/aromatic N) is 1. The van der Waals surface area contributed by atoms with Gasteiger partial charge in [0.2, 0.25) is 11.7 Å². The number of benzene rings is 1. The van der Waals surface area contributed by atoms with Gasteiger partial charge in [-0.25, -0.2) is 9.78 Å². The zero-order valence-corrected chi connectivity index (χ0v) is 15.5. The molecule has 0 aliphatic rings. The highest BCUT2D eigenvalue weighted by Crippen LogP contribution is 2.25. The third-order valence-electron chi connectivity index (χ3n) is 3.68. The number of fused-ring (bicyclic) bond motifs is 1. The van der Waals surface area contributed by atoms with Gasteiger partial charge >= 0.3 is 5.97 Å². The van der Waals surface area contributed by atoms with Gasteiger partial charge in [-0.2, -0.15) is 0 Å². The molecule has 2 amide bonds. The van der Waals surface area contributed by atoms with E-state index in [-0.39, 0.29) is 12.2 Å². The van der Waals surface area contributed by atoms with E-state index in [1.807, 2.05) is 24.4 Å². The maximum atomic E-state index is 12.1. The third-order valence-corrected chi connectivity index (χ3v) is 4.65. The fourth-order valence-electron chi connectivity index (χ4n) is 2.41. The molecule has 0 atom stereocenters. The average molecular weight is 387 g/mol. The Balaban J connectivity index is 1.47. The van der Waals surface area contributed by atoms with E-state index in [0.717, 1.165) is 11.1 Å². The standard InChI is InChI=1S/C18H17N3O5S/c1-10-9-27-16(19-10)7-14(22)20-21-15(23)8-25-18(24)17-11(2)12-5-3-4-6-13(12)26-17/h3-6,9H,7-8H2,1-2H3,(H,20,22)(H,21,23). The number of furan rings is 1. The van der Waals surface area contributed by atoms with Crippen LogP contribution in [0.25, 0.3) is 11.0 Å². The molecule has 140 valence electrons. The lowest BCUT2D eigenvalue weighted by Crippen LogP contribution is -2.44. The molecular formula is C18H17N3O5S. The summed E-state index contributed by atoms with van der Waals surface area (Å²) in [4.78, 5) is 39.8. The van der Waals surface area contributed by atoms with Crippen molar-refractivity contribution in [2.45, 2.75) is 20.3 Å². The molecular weight excluding hydrogens is 370 g/mol. The molecule has 27 heavy (non-hydrogen) atoms. The first kappa shape index (κ1) is 18.6. The molecule has 0 saturated carbocycles. The molecule has 0 radical (unpaired) electrons. The van der Waals surface area contributed by atoms with Crippen molar-refractivity contribution in [1.82, 2.24) is 15.8 Å². The van der Waals surface area contributed by atoms with Crippen molar-refractivity contribution >= 4 is 40.1 Å². The normalized spacial score (nSPS) is 10.6. The van der Waals surface area contributed by atoms with Gasteiger partial charge in [0.1, 0.15) is 10.6 Å². The van der Waals surface area contributed by atoms with Gasteiger partial charge < -0.3 is 9.15 Å². The summed E-state index contributed by atoms with van der Waals surface area (Å²) in [7, 11) is 0. The number of ether oxygens (including phenoxy) is 1. The van der Waals surface area contributed by atoms with Crippen LogP contribution in [0.2, 0.25) is 0 Å². The topological polar surface area (TPSA) is 111 Å². The number of rotatable bonds is 5. The molecule has 9 heteroatoms. The lowest BCUT2D eigenvalue weighted by Gasteiger charge is -2.07. The maximum absolute atomic E-state index is 12.1. The Bertz CT molecular complexity index is 1010. The highest BCUT2D eigenvalue weighted by Gasteiger charge is 2.20. The fraction of sp³-hybridized carbons (Fsp3) is 0.222. The predicted octanol–water partition coefficient (Wildman–Crippen LogP) is 2.05. The van der Waals surface area contributed by atoms with Crippen molar-refractivity contribution < 1.29 is 23.5 Å². The number of hydrogen-bond donors (Lipinski definition) is 2. The summed E-state index contributed by atoms with van der Waals surface area (Å²) in [5.41, 5.74) is 6.48. The van der Waals surface area contributed by atoms with Crippen molar-refractivity contribution in [2.24, 2.45) is 0 Å². The Hall–Kier alpha value is -3.20. The third kappa shape index (κ3) is 4.50. The van der Waals surface area contributed by atoms with Crippen LogP contribution < -0.4 is 10.9 Å². The van der Waals surface area contributed by atoms with Crippen LogP contribution >= 0.6 is 11.3 Å². The molecule has 0 aliphatic heterocycles. The first-order chi connectivity index (χ1) is 12.9. The summed E-state index contributed by atoms with van der Waals surface area (Å²) < 4.78 is 10.4. The molecule has 2 N–H and O–H groups in total. The van der Waals surface area contributed by atoms with Gasteiger partial charge in [-0.3, -0.25) is 20.4 Å². The molecule has 0 bridgehead atoms. The Morgan fingerprint density at radius 2 is 1.89 bits per heavy atom. The highest BCUT2D eigenvalue weighted by molar-refractivity contribution is 7.09. The van der Waals surface area contributed by atoms with Gasteiger partial charge in [0.25, 0.3) is 5.91 Å². The largest absolute Gasteiger partial charge is 0.450 e. The van der Waals surface area contributed by atoms with Gasteiger partial charge in [-0.1, -0.05) is 18.2 Å². The van der Waals surface area contributed by atoms with Crippen molar-refractivity contribution in [2.75, 3.05) is 6.61 Å². The summed E-state index contributed by atoms with van der Waals surface area (Å²) in [5, 5.41) is 3.28. The minimum absolute atomic E-state index is 0.0483. The Labute approximate surface area is 158 Å². The van der Waals surface area contributed by atoms with Gasteiger partial charge in [0.05, 0.1) is 6.42 Å². The Kier molecular flexibility index (Phi) is 5.51. The van der Waals surface area contributed by atoms with E-state index in [0.29, 0.717) is 16.2 Å². The first-order valence-corrected chi connectivity index (χ1v) is 8.96. The monoisotopic (exact) mass is 387 g/mol. The SMILES string of the molecule is Cc1csc(CC(=O)NNC(=O)COC(=O)c2oc3ccccc3c2C)n1. The first-order valence-electron chi connectivity index (χ1n) is 8.08. The minimum Gasteiger partial charge on any atom is -0.450 e. The van der Waals surface area contributed by atoms with E-state index in [2.05, 4.69) is 15.8 Å². The van der Waals surface area contributed by atoms with E-state index in [9.17, 15) is 14.4 Å². The lowest BCUT2D eigenvalue weighted by molar-refractivity contribution is -0.130. The van der Waals surface area contributed by atoms with E-state index in [1.54, 1.807) is 19.1 Å². The molecule has 0 unspecified atom stereocenters. The van der Waals surface area contributed by atoms with Crippen LogP contribution in [0.15, 0.2) is 34.1 Å². The predicted molar refractivity (Wildman–Crippen MR) is 98.1 cm³/mol. The van der Waals surface area contributed by atoms with Crippen LogP contribution in [0.5, 0.6) is 0 Å². The second-order valence-corrected chi connectivity index (χ2v) is 6.73. The minimum atomic E-state index is -0.747. The van der Waals surface area contributed by atoms with Crippen molar-refractivity contribution in [3.63, 3.8) is 0 Å². The highest BCUT2D eigenvalue weighted by atomic mass is 32.1. The van der Waals surface area contributed by atoms with Crippen LogP contribution in [0.1, 0.15) is 26.8 Å². The lowest BCUT2D eigenvalue weighted by atomic mass is 10.1. The van der Waals surface area contributed by atoms with Gasteiger partial charge in [-0.05, 0) is 19.9 Å². The number of carbonyl (C=O) groups is 3. The quantitative estimate of drug-likeness (QED) is 0.512. The van der Waals surface area contributed by atoms with Crippen LogP contribution in [-0.4, -0.2) is 29.4 Å². The number of hydrazine groups is 1. The molecule has 2 aromatic heterocycles. The molecule has 0 saturated heterocycles. The summed E-state index contributed by atoms with van der Waals surface area (Å²) >= 11 is 1.36. The number of thiazole rings is 1. The fourth-order valence-corrected chi connectivity index (χ4v) is 3.18. The van der Waals surface area contributed by atoms with E-state index < -0.39 is 24.4 Å². The van der Waals surface area contributed by atoms with E-state index in [1.165, 1.54) is 11.3 Å². The number of amides is 2. The summed E-state index contributed by atoms with van der Waals surface area (Å²) in [6.45, 7) is 3.02. The molecule has 2 heterocycles. The van der Waals surface area contributed by atoms with Crippen LogP contribution in [0.3, 0.4) is 0 Å². The van der Waals surface area contributed by atoms with Gasteiger partial charge in [0, 0.05) is 22.0 Å². The van der Waals surface area contributed by atoms with Crippen molar-refractivity contribution in [3.8, 4) is 0 Å². The number of hydrogen-bond acceptors (Lipinski definition) is 7. The average Bonchev–Trinajstić information content (AvgIpc) is 3.21. The van der Waals surface area contributed by atoms with Crippen molar-refractivity contribution in [3.05, 3.63) is 51.7 Å². The smallest absolute Gasteiger partial charge is 0.375 e. The Morgan fingerprint density at radius 1 is 1.15 bits per heavy atom. The second-order valence-electron chi connectivity index (χ2n) is 5.78. The van der Waals surface area contributed by atoms with Crippen LogP contribution in [0.4, 0.5) is 0 Å². The van der Waals surface area contributed by atoms with Crippen LogP contribution in [-0.2, 0) is 20.7 Å². The summed E-state index contributed by atoms with van der Waals surface area (Å²) in [5.74, 6) is -1.78. The molecule has 3 aromatic rings. The molecule has 0 spiro atoms. The number of carbonyl (C=O) groups excluding carboxylic acids is 3.